The van der Waals surface area contributed by atoms with Gasteiger partial charge in [0, 0.05) is 15.4 Å². The third kappa shape index (κ3) is 3.29. The normalized spacial score (nSPS) is 18.1. The molecule has 0 N–H and O–H groups in total. The molecule has 2 aliphatic carbocycles. The fourth-order valence-corrected chi connectivity index (χ4v) is 7.49. The maximum Gasteiger partial charge on any atom is 0.678 e. The van der Waals surface area contributed by atoms with E-state index in [-0.39, 0.29) is 11.4 Å². The molecule has 0 saturated heterocycles. The summed E-state index contributed by atoms with van der Waals surface area (Å²) in [6, 6.07) is 5.28. The van der Waals surface area contributed by atoms with Crippen molar-refractivity contribution >= 4 is 41.4 Å². The number of thiophene rings is 2. The van der Waals surface area contributed by atoms with Crippen LogP contribution in [0.3, 0.4) is 0 Å². The molecule has 0 bridgehead atoms. The van der Waals surface area contributed by atoms with E-state index in [4.69, 9.17) is 0 Å². The van der Waals surface area contributed by atoms with Gasteiger partial charge in [-0.15, -0.1) is 22.7 Å². The minimum Gasteiger partial charge on any atom is -0.324 e. The smallest absolute Gasteiger partial charge is 0.324 e. The van der Waals surface area contributed by atoms with Crippen molar-refractivity contribution in [2.45, 2.75) is 45.7 Å². The Morgan fingerprint density at radius 1 is 0.912 bits per heavy atom. The third-order valence-electron chi connectivity index (χ3n) is 6.58. The lowest BCUT2D eigenvalue weighted by molar-refractivity contribution is -0.0696. The minimum atomic E-state index is -4.85. The van der Waals surface area contributed by atoms with Crippen molar-refractivity contribution in [1.29, 1.82) is 0 Å². The summed E-state index contributed by atoms with van der Waals surface area (Å²) in [6.07, 6.45) is -1.02. The first-order chi connectivity index (χ1) is 16.1. The largest absolute Gasteiger partial charge is 0.678 e. The summed E-state index contributed by atoms with van der Waals surface area (Å²) in [5.41, 5.74) is 2.13. The number of aryl methyl sites for hydroxylation is 5. The minimum absolute atomic E-state index is 0.207. The number of halogens is 5. The zero-order valence-corrected chi connectivity index (χ0v) is 19.9. The van der Waals surface area contributed by atoms with Crippen LogP contribution >= 0.6 is 22.7 Å². The van der Waals surface area contributed by atoms with Gasteiger partial charge < -0.3 is 4.48 Å². The second-order valence-electron chi connectivity index (χ2n) is 8.86. The van der Waals surface area contributed by atoms with Crippen molar-refractivity contribution < 1.29 is 21.8 Å². The third-order valence-corrected chi connectivity index (χ3v) is 8.77. The zero-order valence-electron chi connectivity index (χ0n) is 18.3. The van der Waals surface area contributed by atoms with Crippen LogP contribution in [0.4, 0.5) is 21.8 Å². The maximum absolute atomic E-state index is 14.5. The first-order valence-electron chi connectivity index (χ1n) is 10.9. The van der Waals surface area contributed by atoms with Gasteiger partial charge >= 0.3 is 13.6 Å². The molecule has 4 heterocycles. The van der Waals surface area contributed by atoms with Gasteiger partial charge in [0.15, 0.2) is 0 Å². The summed E-state index contributed by atoms with van der Waals surface area (Å²) in [4.78, 5) is 7.95. The molecule has 174 valence electrons. The van der Waals surface area contributed by atoms with Gasteiger partial charge in [0.1, 0.15) is 5.57 Å². The van der Waals surface area contributed by atoms with Crippen LogP contribution in [0.25, 0.3) is 16.1 Å². The van der Waals surface area contributed by atoms with E-state index in [1.54, 1.807) is 0 Å². The van der Waals surface area contributed by atoms with Crippen molar-refractivity contribution in [2.24, 2.45) is 4.99 Å². The number of rotatable bonds is 2. The second kappa shape index (κ2) is 7.52. The molecule has 0 amide bonds. The Hall–Kier alpha value is -2.46. The maximum atomic E-state index is 14.5. The molecular formula is C24H18BF5N2S2. The molecule has 1 aliphatic heterocycles. The first kappa shape index (κ1) is 22.0. The van der Waals surface area contributed by atoms with Crippen molar-refractivity contribution in [1.82, 2.24) is 4.48 Å². The average Bonchev–Trinajstić information content (AvgIpc) is 3.47. The molecule has 0 aromatic carbocycles. The van der Waals surface area contributed by atoms with Crippen molar-refractivity contribution in [2.75, 3.05) is 0 Å². The van der Waals surface area contributed by atoms with Crippen molar-refractivity contribution in [3.8, 4) is 10.6 Å². The summed E-state index contributed by atoms with van der Waals surface area (Å²) < 4.78 is 73.0. The van der Waals surface area contributed by atoms with Crippen LogP contribution < -0.4 is 0 Å². The summed E-state index contributed by atoms with van der Waals surface area (Å²) in [5, 5.41) is 0. The molecule has 0 unspecified atom stereocenters. The van der Waals surface area contributed by atoms with Gasteiger partial charge in [0.2, 0.25) is 0 Å². The molecule has 34 heavy (non-hydrogen) atoms. The van der Waals surface area contributed by atoms with E-state index in [0.717, 1.165) is 37.8 Å². The quantitative estimate of drug-likeness (QED) is 0.255. The Morgan fingerprint density at radius 2 is 1.53 bits per heavy atom. The highest BCUT2D eigenvalue weighted by atomic mass is 32.1. The summed E-state index contributed by atoms with van der Waals surface area (Å²) in [7, 11) is -3.11. The monoisotopic (exact) mass is 504 g/mol. The molecule has 0 radical (unpaired) electrons. The van der Waals surface area contributed by atoms with Gasteiger partial charge in [-0.1, -0.05) is 0 Å². The summed E-state index contributed by atoms with van der Waals surface area (Å²) in [6.45, 7) is 3.84. The lowest BCUT2D eigenvalue weighted by Crippen LogP contribution is -2.22. The Balaban J connectivity index is 1.61. The van der Waals surface area contributed by atoms with Gasteiger partial charge in [0.05, 0.1) is 26.9 Å². The fraction of sp³-hybridized carbons (Fsp3) is 0.292. The highest BCUT2D eigenvalue weighted by Crippen LogP contribution is 2.47. The predicted molar refractivity (Wildman–Crippen MR) is 128 cm³/mol. The van der Waals surface area contributed by atoms with Crippen LogP contribution in [0.5, 0.6) is 0 Å². The van der Waals surface area contributed by atoms with Gasteiger partial charge in [-0.2, -0.15) is 13.2 Å². The molecule has 3 aromatic rings. The SMILES string of the molecule is Cc1cc2c(s1)C1=N/C(=C(\c3cc4c(n3B(F)F)-c3sc(C)cc3CC4)C(F)(F)F)C=C1CC2. The lowest BCUT2D eigenvalue weighted by atomic mass is 9.93. The highest BCUT2D eigenvalue weighted by molar-refractivity contribution is 7.15. The van der Waals surface area contributed by atoms with Gasteiger partial charge in [0.25, 0.3) is 0 Å². The van der Waals surface area contributed by atoms with Crippen LogP contribution in [0.15, 0.2) is 40.5 Å². The van der Waals surface area contributed by atoms with Crippen molar-refractivity contribution in [3.63, 3.8) is 0 Å². The Kier molecular flexibility index (Phi) is 4.87. The van der Waals surface area contributed by atoms with Crippen LogP contribution in [-0.4, -0.2) is 23.8 Å². The van der Waals surface area contributed by atoms with Crippen LogP contribution in [-0.2, 0) is 19.3 Å². The highest BCUT2D eigenvalue weighted by Gasteiger charge is 2.44. The number of alkyl halides is 3. The number of allylic oxidation sites excluding steroid dienone is 3. The van der Waals surface area contributed by atoms with Gasteiger partial charge in [-0.05, 0) is 86.1 Å². The number of nitrogens with zero attached hydrogens (tertiary/aromatic N) is 2. The molecule has 3 aromatic heterocycles. The van der Waals surface area contributed by atoms with Gasteiger partial charge in [-0.3, -0.25) is 8.63 Å². The fourth-order valence-electron chi connectivity index (χ4n) is 5.26. The number of aliphatic imine (C=N–C) groups is 1. The molecule has 2 nitrogen and oxygen atoms in total. The summed E-state index contributed by atoms with van der Waals surface area (Å²) in [5.74, 6) is 0. The standard InChI is InChI=1S/C24H18BF5N2S2/c1-11-7-15-5-3-13-9-17(31-20(13)22(15)33-11)19(24(26,27)28)18-10-14-4-6-16-8-12(2)34-23(16)21(14)32(18)25(29)30/h7-10H,3-6H2,1-2H3/b19-17+. The number of aromatic nitrogens is 1. The Labute approximate surface area is 201 Å². The topological polar surface area (TPSA) is 17.3 Å². The Morgan fingerprint density at radius 3 is 2.21 bits per heavy atom. The van der Waals surface area contributed by atoms with E-state index in [1.165, 1.54) is 34.8 Å². The summed E-state index contributed by atoms with van der Waals surface area (Å²) >= 11 is 2.86. The van der Waals surface area contributed by atoms with Crippen LogP contribution in [0.1, 0.15) is 43.4 Å². The van der Waals surface area contributed by atoms with E-state index in [9.17, 15) is 21.8 Å². The van der Waals surface area contributed by atoms with Gasteiger partial charge in [-0.25, -0.2) is 4.99 Å². The van der Waals surface area contributed by atoms with Crippen LogP contribution in [0.2, 0.25) is 0 Å². The second-order valence-corrected chi connectivity index (χ2v) is 11.4. The van der Waals surface area contributed by atoms with E-state index in [1.807, 2.05) is 26.0 Å². The van der Waals surface area contributed by atoms with E-state index in [0.29, 0.717) is 39.9 Å². The predicted octanol–water partition coefficient (Wildman–Crippen LogP) is 7.41. The molecule has 10 heteroatoms. The molecule has 0 saturated carbocycles. The van der Waals surface area contributed by atoms with E-state index in [2.05, 4.69) is 4.99 Å². The molecule has 0 atom stereocenters. The van der Waals surface area contributed by atoms with Crippen LogP contribution in [0, 0.1) is 13.8 Å². The van der Waals surface area contributed by atoms with E-state index < -0.39 is 24.8 Å². The molecular weight excluding hydrogens is 486 g/mol. The number of hydrogen-bond acceptors (Lipinski definition) is 3. The first-order valence-corrected chi connectivity index (χ1v) is 12.6. The average molecular weight is 504 g/mol. The molecule has 0 spiro atoms. The molecule has 0 fully saturated rings. The zero-order chi connectivity index (χ0) is 23.9. The van der Waals surface area contributed by atoms with Crippen molar-refractivity contribution in [3.05, 3.63) is 72.6 Å². The number of hydrogen-bond donors (Lipinski definition) is 0. The lowest BCUT2D eigenvalue weighted by Gasteiger charge is -2.18. The molecule has 6 rings (SSSR count). The van der Waals surface area contributed by atoms with E-state index >= 15 is 0 Å². The Bertz CT molecular complexity index is 1450. The molecule has 3 aliphatic rings. The number of fused-ring (bicyclic) bond motifs is 6.